The highest BCUT2D eigenvalue weighted by Gasteiger charge is 1.96. The van der Waals surface area contributed by atoms with Crippen molar-refractivity contribution < 1.29 is 5.11 Å². The van der Waals surface area contributed by atoms with E-state index in [-0.39, 0.29) is 6.61 Å². The van der Waals surface area contributed by atoms with Crippen molar-refractivity contribution in [3.05, 3.63) is 24.5 Å². The van der Waals surface area contributed by atoms with Gasteiger partial charge in [-0.25, -0.2) is 9.50 Å². The van der Waals surface area contributed by atoms with Gasteiger partial charge in [-0.3, -0.25) is 0 Å². The molecule has 68 valence electrons. The molecule has 5 nitrogen and oxygen atoms in total. The molecule has 0 bridgehead atoms. The van der Waals surface area contributed by atoms with E-state index in [9.17, 15) is 0 Å². The summed E-state index contributed by atoms with van der Waals surface area (Å²) in [6.07, 6.45) is 3.51. The smallest absolute Gasteiger partial charge is 0.157 e. The Morgan fingerprint density at radius 1 is 1.46 bits per heavy atom. The van der Waals surface area contributed by atoms with Crippen molar-refractivity contribution >= 4 is 11.5 Å². The second-order valence-electron chi connectivity index (χ2n) is 2.60. The number of hydrogen-bond acceptors (Lipinski definition) is 4. The van der Waals surface area contributed by atoms with Gasteiger partial charge in [-0.2, -0.15) is 5.10 Å². The molecule has 0 aliphatic carbocycles. The molecule has 0 radical (unpaired) electrons. The molecule has 2 heterocycles. The Balaban J connectivity index is 2.26. The van der Waals surface area contributed by atoms with E-state index in [2.05, 4.69) is 15.4 Å². The molecule has 5 heteroatoms. The fourth-order valence-corrected chi connectivity index (χ4v) is 1.10. The lowest BCUT2D eigenvalue weighted by Gasteiger charge is -2.02. The van der Waals surface area contributed by atoms with Crippen LogP contribution in [0.3, 0.4) is 0 Å². The van der Waals surface area contributed by atoms with E-state index in [4.69, 9.17) is 5.11 Å². The third-order valence-electron chi connectivity index (χ3n) is 1.68. The molecule has 0 aromatic carbocycles. The first-order chi connectivity index (χ1) is 6.40. The van der Waals surface area contributed by atoms with Crippen LogP contribution >= 0.6 is 0 Å². The predicted molar refractivity (Wildman–Crippen MR) is 48.6 cm³/mol. The van der Waals surface area contributed by atoms with Crippen LogP contribution in [0, 0.1) is 0 Å². The SMILES string of the molecule is OCCNc1ccn2nccc2n1. The summed E-state index contributed by atoms with van der Waals surface area (Å²) in [5.74, 6) is 0.752. The van der Waals surface area contributed by atoms with Gasteiger partial charge in [0.15, 0.2) is 5.65 Å². The maximum Gasteiger partial charge on any atom is 0.157 e. The largest absolute Gasteiger partial charge is 0.395 e. The second kappa shape index (κ2) is 3.40. The molecule has 0 aliphatic rings. The van der Waals surface area contributed by atoms with E-state index < -0.39 is 0 Å². The number of nitrogens with zero attached hydrogens (tertiary/aromatic N) is 3. The average Bonchev–Trinajstić information content (AvgIpc) is 2.61. The van der Waals surface area contributed by atoms with Crippen LogP contribution in [-0.4, -0.2) is 32.9 Å². The van der Waals surface area contributed by atoms with Gasteiger partial charge in [0.2, 0.25) is 0 Å². The molecular weight excluding hydrogens is 168 g/mol. The number of fused-ring (bicyclic) bond motifs is 1. The molecule has 0 unspecified atom stereocenters. The third kappa shape index (κ3) is 1.59. The molecular formula is C8H10N4O. The van der Waals surface area contributed by atoms with Crippen LogP contribution in [0.4, 0.5) is 5.82 Å². The van der Waals surface area contributed by atoms with E-state index in [1.54, 1.807) is 10.7 Å². The predicted octanol–water partition coefficient (Wildman–Crippen LogP) is 0.133. The zero-order valence-electron chi connectivity index (χ0n) is 7.01. The summed E-state index contributed by atoms with van der Waals surface area (Å²) in [6.45, 7) is 0.615. The first-order valence-corrected chi connectivity index (χ1v) is 4.05. The summed E-state index contributed by atoms with van der Waals surface area (Å²) < 4.78 is 1.68. The second-order valence-corrected chi connectivity index (χ2v) is 2.60. The number of nitrogens with one attached hydrogen (secondary N) is 1. The number of aliphatic hydroxyl groups is 1. The van der Waals surface area contributed by atoms with Crippen LogP contribution < -0.4 is 5.32 Å². The van der Waals surface area contributed by atoms with E-state index in [1.807, 2.05) is 18.3 Å². The molecule has 0 spiro atoms. The Kier molecular flexibility index (Phi) is 2.09. The lowest BCUT2D eigenvalue weighted by molar-refractivity contribution is 0.311. The molecule has 0 atom stereocenters. The monoisotopic (exact) mass is 178 g/mol. The highest BCUT2D eigenvalue weighted by molar-refractivity contribution is 5.45. The molecule has 0 aliphatic heterocycles. The molecule has 0 fully saturated rings. The highest BCUT2D eigenvalue weighted by atomic mass is 16.3. The zero-order valence-corrected chi connectivity index (χ0v) is 7.01. The van der Waals surface area contributed by atoms with Gasteiger partial charge in [0.25, 0.3) is 0 Å². The Hall–Kier alpha value is -1.62. The number of aromatic nitrogens is 3. The van der Waals surface area contributed by atoms with Crippen LogP contribution in [0.15, 0.2) is 24.5 Å². The Bertz CT molecular complexity index is 398. The van der Waals surface area contributed by atoms with Crippen LogP contribution in [0.1, 0.15) is 0 Å². The van der Waals surface area contributed by atoms with Gasteiger partial charge in [0.1, 0.15) is 5.82 Å². The van der Waals surface area contributed by atoms with E-state index in [0.717, 1.165) is 11.5 Å². The fraction of sp³-hybridized carbons (Fsp3) is 0.250. The summed E-state index contributed by atoms with van der Waals surface area (Å²) in [4.78, 5) is 4.25. The van der Waals surface area contributed by atoms with Crippen molar-refractivity contribution in [2.75, 3.05) is 18.5 Å². The topological polar surface area (TPSA) is 62.5 Å². The van der Waals surface area contributed by atoms with Gasteiger partial charge >= 0.3 is 0 Å². The normalized spacial score (nSPS) is 10.5. The Morgan fingerprint density at radius 3 is 3.23 bits per heavy atom. The summed E-state index contributed by atoms with van der Waals surface area (Å²) in [5.41, 5.74) is 0.794. The van der Waals surface area contributed by atoms with E-state index in [0.29, 0.717) is 6.54 Å². The van der Waals surface area contributed by atoms with Crippen molar-refractivity contribution in [2.24, 2.45) is 0 Å². The maximum absolute atomic E-state index is 8.59. The summed E-state index contributed by atoms with van der Waals surface area (Å²) in [7, 11) is 0. The van der Waals surface area contributed by atoms with Gasteiger partial charge in [0, 0.05) is 18.8 Å². The fourth-order valence-electron chi connectivity index (χ4n) is 1.10. The van der Waals surface area contributed by atoms with Crippen LogP contribution in [0.2, 0.25) is 0 Å². The highest BCUT2D eigenvalue weighted by Crippen LogP contribution is 2.04. The quantitative estimate of drug-likeness (QED) is 0.701. The molecule has 2 aromatic heterocycles. The Morgan fingerprint density at radius 2 is 2.38 bits per heavy atom. The summed E-state index contributed by atoms with van der Waals surface area (Å²) in [5, 5.41) is 15.6. The lowest BCUT2D eigenvalue weighted by Crippen LogP contribution is -2.07. The minimum Gasteiger partial charge on any atom is -0.395 e. The zero-order chi connectivity index (χ0) is 9.10. The number of rotatable bonds is 3. The maximum atomic E-state index is 8.59. The minimum absolute atomic E-state index is 0.103. The lowest BCUT2D eigenvalue weighted by atomic mass is 10.5. The first kappa shape index (κ1) is 8.00. The molecule has 2 N–H and O–H groups in total. The first-order valence-electron chi connectivity index (χ1n) is 4.05. The van der Waals surface area contributed by atoms with Gasteiger partial charge in [-0.05, 0) is 6.07 Å². The number of anilines is 1. The van der Waals surface area contributed by atoms with Gasteiger partial charge in [-0.15, -0.1) is 0 Å². The average molecular weight is 178 g/mol. The van der Waals surface area contributed by atoms with Crippen LogP contribution in [-0.2, 0) is 0 Å². The molecule has 13 heavy (non-hydrogen) atoms. The molecule has 0 saturated carbocycles. The number of aliphatic hydroxyl groups excluding tert-OH is 1. The van der Waals surface area contributed by atoms with Crippen LogP contribution in [0.25, 0.3) is 5.65 Å². The number of hydrogen-bond donors (Lipinski definition) is 2. The van der Waals surface area contributed by atoms with E-state index >= 15 is 0 Å². The van der Waals surface area contributed by atoms with Crippen LogP contribution in [0.5, 0.6) is 0 Å². The van der Waals surface area contributed by atoms with Crippen molar-refractivity contribution in [3.8, 4) is 0 Å². The van der Waals surface area contributed by atoms with Crippen molar-refractivity contribution in [1.29, 1.82) is 0 Å². The van der Waals surface area contributed by atoms with Gasteiger partial charge in [-0.1, -0.05) is 0 Å². The summed E-state index contributed by atoms with van der Waals surface area (Å²) >= 11 is 0. The molecule has 2 rings (SSSR count). The standard InChI is InChI=1S/C8H10N4O/c13-6-4-9-7-2-5-12-8(11-7)1-3-10-12/h1-3,5,13H,4,6H2,(H,9,11). The van der Waals surface area contributed by atoms with Crippen molar-refractivity contribution in [2.45, 2.75) is 0 Å². The van der Waals surface area contributed by atoms with Gasteiger partial charge < -0.3 is 10.4 Å². The molecule has 0 saturated heterocycles. The summed E-state index contributed by atoms with van der Waals surface area (Å²) in [6, 6.07) is 3.64. The van der Waals surface area contributed by atoms with Gasteiger partial charge in [0.05, 0.1) is 12.8 Å². The molecule has 0 amide bonds. The Labute approximate surface area is 75.0 Å². The third-order valence-corrected chi connectivity index (χ3v) is 1.68. The van der Waals surface area contributed by atoms with Crippen molar-refractivity contribution in [1.82, 2.24) is 14.6 Å². The van der Waals surface area contributed by atoms with E-state index in [1.165, 1.54) is 0 Å². The molecule has 2 aromatic rings. The van der Waals surface area contributed by atoms with Crippen molar-refractivity contribution in [3.63, 3.8) is 0 Å². The minimum atomic E-state index is 0.103.